The number of anilines is 2. The number of carbonyl (C=O) groups excluding carboxylic acids is 1. The van der Waals surface area contributed by atoms with Gasteiger partial charge in [-0.2, -0.15) is 5.10 Å². The fourth-order valence-corrected chi connectivity index (χ4v) is 1.94. The number of aromatic nitrogens is 2. The lowest BCUT2D eigenvalue weighted by Gasteiger charge is -2.10. The van der Waals surface area contributed by atoms with Gasteiger partial charge in [0.05, 0.1) is 5.69 Å². The molecule has 5 nitrogen and oxygen atoms in total. The molecule has 1 aromatic heterocycles. The van der Waals surface area contributed by atoms with Crippen molar-refractivity contribution in [3.63, 3.8) is 0 Å². The molecular formula is C14H18N4O. The topological polar surface area (TPSA) is 72.9 Å². The highest BCUT2D eigenvalue weighted by Gasteiger charge is 2.08. The lowest BCUT2D eigenvalue weighted by molar-refractivity contribution is -0.116. The van der Waals surface area contributed by atoms with Gasteiger partial charge in [0.1, 0.15) is 6.54 Å². The smallest absolute Gasteiger partial charge is 0.246 e. The van der Waals surface area contributed by atoms with Crippen LogP contribution in [0.1, 0.15) is 17.0 Å². The molecule has 0 aliphatic rings. The normalized spacial score (nSPS) is 10.5. The summed E-state index contributed by atoms with van der Waals surface area (Å²) < 4.78 is 1.69. The van der Waals surface area contributed by atoms with Crippen LogP contribution in [-0.2, 0) is 11.3 Å². The average molecular weight is 258 g/mol. The van der Waals surface area contributed by atoms with Crippen LogP contribution in [0.3, 0.4) is 0 Å². The number of aryl methyl sites for hydroxylation is 3. The van der Waals surface area contributed by atoms with E-state index in [2.05, 4.69) is 10.4 Å². The molecule has 5 heteroatoms. The summed E-state index contributed by atoms with van der Waals surface area (Å²) in [5.41, 5.74) is 9.95. The Balaban J connectivity index is 2.09. The largest absolute Gasteiger partial charge is 0.399 e. The zero-order valence-corrected chi connectivity index (χ0v) is 11.4. The van der Waals surface area contributed by atoms with E-state index in [-0.39, 0.29) is 12.5 Å². The lowest BCUT2D eigenvalue weighted by atomic mass is 10.2. The number of hydrogen-bond donors (Lipinski definition) is 2. The number of nitrogens with two attached hydrogens (primary N) is 1. The number of carbonyl (C=O) groups is 1. The van der Waals surface area contributed by atoms with E-state index in [9.17, 15) is 4.79 Å². The van der Waals surface area contributed by atoms with E-state index in [0.29, 0.717) is 5.69 Å². The van der Waals surface area contributed by atoms with Gasteiger partial charge in [-0.3, -0.25) is 9.48 Å². The van der Waals surface area contributed by atoms with Gasteiger partial charge in [-0.25, -0.2) is 0 Å². The molecule has 1 amide bonds. The summed E-state index contributed by atoms with van der Waals surface area (Å²) in [6, 6.07) is 7.40. The van der Waals surface area contributed by atoms with Crippen molar-refractivity contribution in [2.75, 3.05) is 11.1 Å². The van der Waals surface area contributed by atoms with Crippen molar-refractivity contribution in [3.8, 4) is 0 Å². The fourth-order valence-electron chi connectivity index (χ4n) is 1.94. The van der Waals surface area contributed by atoms with Gasteiger partial charge in [-0.05, 0) is 44.5 Å². The second-order valence-corrected chi connectivity index (χ2v) is 4.71. The van der Waals surface area contributed by atoms with E-state index in [1.165, 1.54) is 0 Å². The van der Waals surface area contributed by atoms with Crippen molar-refractivity contribution in [1.29, 1.82) is 0 Å². The minimum absolute atomic E-state index is 0.111. The summed E-state index contributed by atoms with van der Waals surface area (Å²) in [5, 5.41) is 7.12. The lowest BCUT2D eigenvalue weighted by Crippen LogP contribution is -2.20. The van der Waals surface area contributed by atoms with Crippen molar-refractivity contribution in [3.05, 3.63) is 41.2 Å². The van der Waals surface area contributed by atoms with E-state index >= 15 is 0 Å². The predicted octanol–water partition coefficient (Wildman–Crippen LogP) is 2.03. The van der Waals surface area contributed by atoms with Gasteiger partial charge in [0.15, 0.2) is 0 Å². The van der Waals surface area contributed by atoms with Crippen molar-refractivity contribution in [1.82, 2.24) is 9.78 Å². The fraction of sp³-hybridized carbons (Fsp3) is 0.286. The van der Waals surface area contributed by atoms with Gasteiger partial charge < -0.3 is 11.1 Å². The summed E-state index contributed by atoms with van der Waals surface area (Å²) >= 11 is 0. The Morgan fingerprint density at radius 2 is 2.05 bits per heavy atom. The molecular weight excluding hydrogens is 240 g/mol. The minimum atomic E-state index is -0.111. The average Bonchev–Trinajstić information content (AvgIpc) is 2.62. The number of nitrogens with zero attached hydrogens (tertiary/aromatic N) is 2. The Kier molecular flexibility index (Phi) is 3.55. The first-order chi connectivity index (χ1) is 8.95. The molecule has 1 heterocycles. The van der Waals surface area contributed by atoms with Crippen LogP contribution in [0, 0.1) is 20.8 Å². The molecule has 0 spiro atoms. The van der Waals surface area contributed by atoms with Gasteiger partial charge in [-0.15, -0.1) is 0 Å². The van der Waals surface area contributed by atoms with Crippen LogP contribution in [0.4, 0.5) is 11.4 Å². The molecule has 2 aromatic rings. The first-order valence-electron chi connectivity index (χ1n) is 6.13. The quantitative estimate of drug-likeness (QED) is 0.827. The monoisotopic (exact) mass is 258 g/mol. The Bertz CT molecular complexity index is 616. The molecule has 0 atom stereocenters. The highest BCUT2D eigenvalue weighted by Crippen LogP contribution is 2.18. The van der Waals surface area contributed by atoms with E-state index in [1.807, 2.05) is 39.0 Å². The van der Waals surface area contributed by atoms with Gasteiger partial charge in [0.2, 0.25) is 5.91 Å². The van der Waals surface area contributed by atoms with Crippen LogP contribution in [-0.4, -0.2) is 15.7 Å². The molecule has 0 bridgehead atoms. The number of benzene rings is 1. The van der Waals surface area contributed by atoms with Gasteiger partial charge in [0.25, 0.3) is 0 Å². The van der Waals surface area contributed by atoms with E-state index in [0.717, 1.165) is 22.6 Å². The number of hydrogen-bond acceptors (Lipinski definition) is 3. The predicted molar refractivity (Wildman–Crippen MR) is 75.9 cm³/mol. The first kappa shape index (κ1) is 13.1. The van der Waals surface area contributed by atoms with Gasteiger partial charge in [-0.1, -0.05) is 6.07 Å². The maximum absolute atomic E-state index is 12.0. The van der Waals surface area contributed by atoms with E-state index < -0.39 is 0 Å². The third kappa shape index (κ3) is 3.13. The molecule has 0 saturated carbocycles. The summed E-state index contributed by atoms with van der Waals surface area (Å²) in [6.07, 6.45) is 0. The maximum atomic E-state index is 12.0. The molecule has 0 radical (unpaired) electrons. The van der Waals surface area contributed by atoms with Crippen LogP contribution in [0.2, 0.25) is 0 Å². The molecule has 2 rings (SSSR count). The van der Waals surface area contributed by atoms with Crippen LogP contribution < -0.4 is 11.1 Å². The standard InChI is InChI=1S/C14H18N4O/c1-9-4-5-12(15)7-13(9)16-14(19)8-18-11(3)6-10(2)17-18/h4-7H,8,15H2,1-3H3,(H,16,19). The van der Waals surface area contributed by atoms with Crippen molar-refractivity contribution >= 4 is 17.3 Å². The number of rotatable bonds is 3. The Morgan fingerprint density at radius 3 is 2.68 bits per heavy atom. The Hall–Kier alpha value is -2.30. The van der Waals surface area contributed by atoms with E-state index in [1.54, 1.807) is 10.7 Å². The number of nitrogen functional groups attached to an aromatic ring is 1. The van der Waals surface area contributed by atoms with Gasteiger partial charge >= 0.3 is 0 Å². The number of amides is 1. The zero-order chi connectivity index (χ0) is 14.0. The highest BCUT2D eigenvalue weighted by atomic mass is 16.2. The molecule has 0 aliphatic heterocycles. The third-order valence-electron chi connectivity index (χ3n) is 2.93. The molecule has 3 N–H and O–H groups in total. The zero-order valence-electron chi connectivity index (χ0n) is 11.4. The highest BCUT2D eigenvalue weighted by molar-refractivity contribution is 5.91. The van der Waals surface area contributed by atoms with Crippen LogP contribution >= 0.6 is 0 Å². The molecule has 0 saturated heterocycles. The molecule has 19 heavy (non-hydrogen) atoms. The summed E-state index contributed by atoms with van der Waals surface area (Å²) in [5.74, 6) is -0.111. The van der Waals surface area contributed by atoms with Crippen molar-refractivity contribution < 1.29 is 4.79 Å². The molecule has 0 fully saturated rings. The first-order valence-corrected chi connectivity index (χ1v) is 6.13. The van der Waals surface area contributed by atoms with Gasteiger partial charge in [0, 0.05) is 17.1 Å². The van der Waals surface area contributed by atoms with Crippen LogP contribution in [0.5, 0.6) is 0 Å². The summed E-state index contributed by atoms with van der Waals surface area (Å²) in [7, 11) is 0. The second kappa shape index (κ2) is 5.14. The second-order valence-electron chi connectivity index (χ2n) is 4.71. The summed E-state index contributed by atoms with van der Waals surface area (Å²) in [6.45, 7) is 5.97. The molecule has 0 aliphatic carbocycles. The van der Waals surface area contributed by atoms with E-state index in [4.69, 9.17) is 5.73 Å². The third-order valence-corrected chi connectivity index (χ3v) is 2.93. The minimum Gasteiger partial charge on any atom is -0.399 e. The van der Waals surface area contributed by atoms with Crippen molar-refractivity contribution in [2.24, 2.45) is 0 Å². The maximum Gasteiger partial charge on any atom is 0.246 e. The van der Waals surface area contributed by atoms with Crippen LogP contribution in [0.15, 0.2) is 24.3 Å². The van der Waals surface area contributed by atoms with Crippen molar-refractivity contribution in [2.45, 2.75) is 27.3 Å². The molecule has 1 aromatic carbocycles. The molecule has 100 valence electrons. The number of nitrogens with one attached hydrogen (secondary N) is 1. The SMILES string of the molecule is Cc1cc(C)n(CC(=O)Nc2cc(N)ccc2C)n1. The molecule has 0 unspecified atom stereocenters. The van der Waals surface area contributed by atoms with Crippen LogP contribution in [0.25, 0.3) is 0 Å². The summed E-state index contributed by atoms with van der Waals surface area (Å²) in [4.78, 5) is 12.0. The Labute approximate surface area is 112 Å². The Morgan fingerprint density at radius 1 is 1.32 bits per heavy atom.